The van der Waals surface area contributed by atoms with E-state index in [1.807, 2.05) is 30.5 Å². The van der Waals surface area contributed by atoms with Crippen molar-refractivity contribution >= 4 is 33.9 Å². The highest BCUT2D eigenvalue weighted by molar-refractivity contribution is 7.13. The highest BCUT2D eigenvalue weighted by atomic mass is 32.1. The number of aryl methyl sites for hydroxylation is 2. The van der Waals surface area contributed by atoms with E-state index in [1.165, 1.54) is 17.4 Å². The molecule has 2 aromatic heterocycles. The predicted octanol–water partition coefficient (Wildman–Crippen LogP) is 4.22. The van der Waals surface area contributed by atoms with Crippen molar-refractivity contribution in [3.05, 3.63) is 64.5 Å². The van der Waals surface area contributed by atoms with Crippen molar-refractivity contribution in [2.24, 2.45) is 0 Å². The summed E-state index contributed by atoms with van der Waals surface area (Å²) in [5.74, 6) is 0.123. The summed E-state index contributed by atoms with van der Waals surface area (Å²) in [5.41, 5.74) is 2.53. The van der Waals surface area contributed by atoms with Crippen LogP contribution in [0.1, 0.15) is 17.0 Å². The fourth-order valence-electron chi connectivity index (χ4n) is 2.21. The number of nitrogens with one attached hydrogen (secondary N) is 2. The van der Waals surface area contributed by atoms with Gasteiger partial charge in [-0.2, -0.15) is 0 Å². The lowest BCUT2D eigenvalue weighted by Gasteiger charge is -2.05. The molecule has 0 bridgehead atoms. The van der Waals surface area contributed by atoms with Gasteiger partial charge in [-0.1, -0.05) is 12.1 Å². The maximum atomic E-state index is 13.5. The number of hydrogen-bond donors (Lipinski definition) is 2. The van der Waals surface area contributed by atoms with Gasteiger partial charge in [-0.3, -0.25) is 4.79 Å². The van der Waals surface area contributed by atoms with Gasteiger partial charge in [-0.15, -0.1) is 11.3 Å². The van der Waals surface area contributed by atoms with E-state index in [0.29, 0.717) is 27.9 Å². The first-order chi connectivity index (χ1) is 12.0. The molecule has 2 heterocycles. The van der Waals surface area contributed by atoms with E-state index < -0.39 is 0 Å². The zero-order valence-corrected chi connectivity index (χ0v) is 14.7. The average Bonchev–Trinajstić information content (AvgIpc) is 2.98. The Labute approximate surface area is 149 Å². The molecule has 0 spiro atoms. The van der Waals surface area contributed by atoms with Gasteiger partial charge < -0.3 is 10.6 Å². The second-order valence-electron chi connectivity index (χ2n) is 5.62. The molecule has 1 amide bonds. The van der Waals surface area contributed by atoms with Crippen LogP contribution in [0.5, 0.6) is 0 Å². The first-order valence-electron chi connectivity index (χ1n) is 7.71. The van der Waals surface area contributed by atoms with Gasteiger partial charge in [0.1, 0.15) is 11.6 Å². The fourth-order valence-corrected chi connectivity index (χ4v) is 2.93. The molecular formula is C18H17FN4OS. The molecule has 0 radical (unpaired) electrons. The molecule has 0 unspecified atom stereocenters. The Bertz CT molecular complexity index is 910. The van der Waals surface area contributed by atoms with Crippen LogP contribution < -0.4 is 10.6 Å². The number of carbonyl (C=O) groups is 1. The lowest BCUT2D eigenvalue weighted by Crippen LogP contribution is -2.14. The topological polar surface area (TPSA) is 66.9 Å². The number of anilines is 3. The van der Waals surface area contributed by atoms with Gasteiger partial charge in [-0.05, 0) is 43.7 Å². The van der Waals surface area contributed by atoms with Crippen LogP contribution in [0.25, 0.3) is 0 Å². The molecule has 0 saturated carbocycles. The van der Waals surface area contributed by atoms with Crippen LogP contribution in [0.3, 0.4) is 0 Å². The summed E-state index contributed by atoms with van der Waals surface area (Å²) in [6, 6.07) is 10.3. The van der Waals surface area contributed by atoms with E-state index in [2.05, 4.69) is 20.6 Å². The zero-order chi connectivity index (χ0) is 17.8. The maximum Gasteiger partial charge on any atom is 0.230 e. The first kappa shape index (κ1) is 17.0. The number of benzene rings is 1. The van der Waals surface area contributed by atoms with Crippen molar-refractivity contribution in [3.8, 4) is 0 Å². The number of nitrogens with zero attached hydrogens (tertiary/aromatic N) is 2. The van der Waals surface area contributed by atoms with E-state index in [1.54, 1.807) is 19.1 Å². The molecular weight excluding hydrogens is 339 g/mol. The Balaban J connectivity index is 1.60. The van der Waals surface area contributed by atoms with Crippen molar-refractivity contribution < 1.29 is 9.18 Å². The number of rotatable bonds is 5. The predicted molar refractivity (Wildman–Crippen MR) is 97.8 cm³/mol. The smallest absolute Gasteiger partial charge is 0.230 e. The lowest BCUT2D eigenvalue weighted by atomic mass is 10.2. The standard InChI is InChI=1S/C18H17FN4OS/c1-11-6-7-13(8-15(11)19)21-17(24)9-14-10-25-18(22-14)23-16-5-3-4-12(2)20-16/h3-8,10H,9H2,1-2H3,(H,21,24)(H,20,22,23). The van der Waals surface area contributed by atoms with Gasteiger partial charge in [0, 0.05) is 16.8 Å². The summed E-state index contributed by atoms with van der Waals surface area (Å²) in [6.45, 7) is 3.59. The van der Waals surface area contributed by atoms with Crippen molar-refractivity contribution in [2.45, 2.75) is 20.3 Å². The monoisotopic (exact) mass is 356 g/mol. The van der Waals surface area contributed by atoms with Crippen LogP contribution in [0, 0.1) is 19.7 Å². The summed E-state index contributed by atoms with van der Waals surface area (Å²) in [7, 11) is 0. The van der Waals surface area contributed by atoms with Gasteiger partial charge in [0.05, 0.1) is 12.1 Å². The average molecular weight is 356 g/mol. The van der Waals surface area contributed by atoms with Crippen LogP contribution in [-0.2, 0) is 11.2 Å². The molecule has 3 aromatic rings. The Morgan fingerprint density at radius 2 is 2.04 bits per heavy atom. The SMILES string of the molecule is Cc1cccc(Nc2nc(CC(=O)Nc3ccc(C)c(F)c3)cs2)n1. The van der Waals surface area contributed by atoms with Crippen LogP contribution in [0.4, 0.5) is 21.0 Å². The number of pyridine rings is 1. The largest absolute Gasteiger partial charge is 0.326 e. The summed E-state index contributed by atoms with van der Waals surface area (Å²) in [5, 5.41) is 8.28. The van der Waals surface area contributed by atoms with Crippen LogP contribution in [0.15, 0.2) is 41.8 Å². The molecule has 0 saturated heterocycles. The minimum atomic E-state index is -0.344. The quantitative estimate of drug-likeness (QED) is 0.718. The molecule has 0 atom stereocenters. The number of amides is 1. The molecule has 0 aliphatic heterocycles. The molecule has 25 heavy (non-hydrogen) atoms. The summed E-state index contributed by atoms with van der Waals surface area (Å²) >= 11 is 1.40. The summed E-state index contributed by atoms with van der Waals surface area (Å²) in [4.78, 5) is 20.8. The van der Waals surface area contributed by atoms with Gasteiger partial charge in [0.15, 0.2) is 5.13 Å². The van der Waals surface area contributed by atoms with Gasteiger partial charge >= 0.3 is 0 Å². The molecule has 5 nitrogen and oxygen atoms in total. The second kappa shape index (κ2) is 7.40. The van der Waals surface area contributed by atoms with Gasteiger partial charge in [0.2, 0.25) is 5.91 Å². The second-order valence-corrected chi connectivity index (χ2v) is 6.48. The fraction of sp³-hybridized carbons (Fsp3) is 0.167. The third-order valence-electron chi connectivity index (χ3n) is 3.47. The Morgan fingerprint density at radius 1 is 1.20 bits per heavy atom. The van der Waals surface area contributed by atoms with Crippen molar-refractivity contribution in [2.75, 3.05) is 10.6 Å². The van der Waals surface area contributed by atoms with Crippen LogP contribution >= 0.6 is 11.3 Å². The summed E-state index contributed by atoms with van der Waals surface area (Å²) < 4.78 is 13.5. The van der Waals surface area contributed by atoms with E-state index in [-0.39, 0.29) is 18.1 Å². The third kappa shape index (κ3) is 4.60. The van der Waals surface area contributed by atoms with E-state index in [0.717, 1.165) is 5.69 Å². The number of hydrogen-bond acceptors (Lipinski definition) is 5. The van der Waals surface area contributed by atoms with Crippen molar-refractivity contribution in [1.82, 2.24) is 9.97 Å². The van der Waals surface area contributed by atoms with Gasteiger partial charge in [-0.25, -0.2) is 14.4 Å². The molecule has 7 heteroatoms. The van der Waals surface area contributed by atoms with E-state index >= 15 is 0 Å². The van der Waals surface area contributed by atoms with Crippen molar-refractivity contribution in [1.29, 1.82) is 0 Å². The number of thiazole rings is 1. The minimum absolute atomic E-state index is 0.120. The molecule has 1 aromatic carbocycles. The molecule has 0 fully saturated rings. The Kier molecular flexibility index (Phi) is 5.04. The molecule has 3 rings (SSSR count). The lowest BCUT2D eigenvalue weighted by molar-refractivity contribution is -0.115. The van der Waals surface area contributed by atoms with E-state index in [9.17, 15) is 9.18 Å². The highest BCUT2D eigenvalue weighted by Gasteiger charge is 2.10. The third-order valence-corrected chi connectivity index (χ3v) is 4.28. The molecule has 0 aliphatic rings. The van der Waals surface area contributed by atoms with Crippen LogP contribution in [0.2, 0.25) is 0 Å². The van der Waals surface area contributed by atoms with E-state index in [4.69, 9.17) is 0 Å². The molecule has 0 aliphatic carbocycles. The number of carbonyl (C=O) groups excluding carboxylic acids is 1. The van der Waals surface area contributed by atoms with Gasteiger partial charge in [0.25, 0.3) is 0 Å². The van der Waals surface area contributed by atoms with Crippen molar-refractivity contribution in [3.63, 3.8) is 0 Å². The zero-order valence-electron chi connectivity index (χ0n) is 13.8. The number of halogens is 1. The minimum Gasteiger partial charge on any atom is -0.326 e. The molecule has 2 N–H and O–H groups in total. The summed E-state index contributed by atoms with van der Waals surface area (Å²) in [6.07, 6.45) is 0.120. The normalized spacial score (nSPS) is 10.5. The Hall–Kier alpha value is -2.80. The molecule has 128 valence electrons. The Morgan fingerprint density at radius 3 is 2.80 bits per heavy atom. The van der Waals surface area contributed by atoms with Crippen LogP contribution in [-0.4, -0.2) is 15.9 Å². The highest BCUT2D eigenvalue weighted by Crippen LogP contribution is 2.20. The first-order valence-corrected chi connectivity index (χ1v) is 8.58. The maximum absolute atomic E-state index is 13.5. The number of aromatic nitrogens is 2.